The fourth-order valence-corrected chi connectivity index (χ4v) is 4.25. The van der Waals surface area contributed by atoms with Crippen LogP contribution in [0.3, 0.4) is 0 Å². The maximum atomic E-state index is 6.31. The Labute approximate surface area is 107 Å². The van der Waals surface area contributed by atoms with Gasteiger partial charge < -0.3 is 5.73 Å². The van der Waals surface area contributed by atoms with Crippen LogP contribution in [0.4, 0.5) is 0 Å². The Morgan fingerprint density at radius 1 is 1.53 bits per heavy atom. The minimum Gasteiger partial charge on any atom is -0.323 e. The van der Waals surface area contributed by atoms with E-state index in [9.17, 15) is 0 Å². The fraction of sp³-hybridized carbons (Fsp3) is 0.769. The SMILES string of the molecule is Cn1ncc(Cl)c1C(N)CC1CC2CCC1C2. The van der Waals surface area contributed by atoms with Gasteiger partial charge in [0.25, 0.3) is 0 Å². The van der Waals surface area contributed by atoms with Gasteiger partial charge in [-0.1, -0.05) is 18.0 Å². The molecule has 0 radical (unpaired) electrons. The van der Waals surface area contributed by atoms with Gasteiger partial charge in [0.1, 0.15) is 0 Å². The van der Waals surface area contributed by atoms with Crippen molar-refractivity contribution in [3.05, 3.63) is 16.9 Å². The quantitative estimate of drug-likeness (QED) is 0.900. The Bertz CT molecular complexity index is 395. The van der Waals surface area contributed by atoms with Crippen LogP contribution in [0.1, 0.15) is 43.8 Å². The second-order valence-corrected chi connectivity index (χ2v) is 6.19. The van der Waals surface area contributed by atoms with Crippen LogP contribution in [0.15, 0.2) is 6.20 Å². The highest BCUT2D eigenvalue weighted by Crippen LogP contribution is 2.50. The maximum absolute atomic E-state index is 6.31. The molecule has 0 saturated heterocycles. The van der Waals surface area contributed by atoms with E-state index in [1.807, 2.05) is 11.7 Å². The summed E-state index contributed by atoms with van der Waals surface area (Å²) in [4.78, 5) is 0. The summed E-state index contributed by atoms with van der Waals surface area (Å²) in [6.45, 7) is 0. The van der Waals surface area contributed by atoms with Crippen LogP contribution < -0.4 is 5.73 Å². The van der Waals surface area contributed by atoms with E-state index < -0.39 is 0 Å². The summed E-state index contributed by atoms with van der Waals surface area (Å²) >= 11 is 6.14. The van der Waals surface area contributed by atoms with Crippen LogP contribution in [0.5, 0.6) is 0 Å². The first-order valence-corrected chi connectivity index (χ1v) is 6.96. The zero-order chi connectivity index (χ0) is 12.0. The molecule has 17 heavy (non-hydrogen) atoms. The monoisotopic (exact) mass is 253 g/mol. The van der Waals surface area contributed by atoms with Gasteiger partial charge in [-0.05, 0) is 43.4 Å². The van der Waals surface area contributed by atoms with Gasteiger partial charge in [0.05, 0.1) is 16.9 Å². The number of nitrogens with two attached hydrogens (primary N) is 1. The molecule has 1 aromatic heterocycles. The van der Waals surface area contributed by atoms with Gasteiger partial charge in [-0.25, -0.2) is 0 Å². The number of nitrogens with zero attached hydrogens (tertiary/aromatic N) is 2. The topological polar surface area (TPSA) is 43.8 Å². The first-order chi connectivity index (χ1) is 8.15. The number of rotatable bonds is 3. The van der Waals surface area contributed by atoms with E-state index in [1.165, 1.54) is 25.7 Å². The first kappa shape index (κ1) is 11.5. The van der Waals surface area contributed by atoms with Crippen LogP contribution >= 0.6 is 11.6 Å². The molecule has 4 atom stereocenters. The summed E-state index contributed by atoms with van der Waals surface area (Å²) in [5.74, 6) is 2.73. The van der Waals surface area contributed by atoms with Gasteiger partial charge in [-0.15, -0.1) is 0 Å². The Morgan fingerprint density at radius 2 is 2.35 bits per heavy atom. The highest BCUT2D eigenvalue weighted by atomic mass is 35.5. The van der Waals surface area contributed by atoms with Gasteiger partial charge in [-0.2, -0.15) is 5.10 Å². The molecule has 2 fully saturated rings. The Kier molecular flexibility index (Phi) is 2.91. The summed E-state index contributed by atoms with van der Waals surface area (Å²) in [5.41, 5.74) is 7.30. The van der Waals surface area contributed by atoms with Gasteiger partial charge in [0, 0.05) is 13.1 Å². The second-order valence-electron chi connectivity index (χ2n) is 5.78. The largest absolute Gasteiger partial charge is 0.323 e. The van der Waals surface area contributed by atoms with Crippen LogP contribution in [0.25, 0.3) is 0 Å². The summed E-state index contributed by atoms with van der Waals surface area (Å²) < 4.78 is 1.82. The lowest BCUT2D eigenvalue weighted by Crippen LogP contribution is -2.21. The standard InChI is InChI=1S/C13H20ClN3/c1-17-13(11(14)7-16-17)12(15)6-10-5-8-2-3-9(10)4-8/h7-10,12H,2-6,15H2,1H3. The van der Waals surface area contributed by atoms with Crippen molar-refractivity contribution >= 4 is 11.6 Å². The maximum Gasteiger partial charge on any atom is 0.0833 e. The number of hydrogen-bond acceptors (Lipinski definition) is 2. The molecule has 2 bridgehead atoms. The summed E-state index contributed by atoms with van der Waals surface area (Å²) in [5, 5.41) is 4.88. The summed E-state index contributed by atoms with van der Waals surface area (Å²) in [7, 11) is 1.92. The fourth-order valence-electron chi connectivity index (χ4n) is 3.94. The molecule has 0 spiro atoms. The van der Waals surface area contributed by atoms with E-state index in [-0.39, 0.29) is 6.04 Å². The molecule has 4 heteroatoms. The minimum atomic E-state index is 0.0411. The van der Waals surface area contributed by atoms with E-state index in [0.29, 0.717) is 5.02 Å². The molecular weight excluding hydrogens is 234 g/mol. The van der Waals surface area contributed by atoms with Crippen molar-refractivity contribution in [3.63, 3.8) is 0 Å². The zero-order valence-corrected chi connectivity index (χ0v) is 11.0. The number of hydrogen-bond donors (Lipinski definition) is 1. The number of aromatic nitrogens is 2. The van der Waals surface area contributed by atoms with E-state index in [1.54, 1.807) is 6.20 Å². The van der Waals surface area contributed by atoms with Crippen molar-refractivity contribution < 1.29 is 0 Å². The normalized spacial score (nSPS) is 33.2. The molecule has 4 unspecified atom stereocenters. The molecule has 1 aromatic rings. The van der Waals surface area contributed by atoms with Gasteiger partial charge >= 0.3 is 0 Å². The Morgan fingerprint density at radius 3 is 2.88 bits per heavy atom. The molecule has 3 nitrogen and oxygen atoms in total. The van der Waals surface area contributed by atoms with E-state index in [4.69, 9.17) is 17.3 Å². The molecule has 0 aromatic carbocycles. The summed E-state index contributed by atoms with van der Waals surface area (Å²) in [6.07, 6.45) is 8.45. The van der Waals surface area contributed by atoms with Crippen molar-refractivity contribution in [2.75, 3.05) is 0 Å². The van der Waals surface area contributed by atoms with Crippen molar-refractivity contribution in [2.45, 2.75) is 38.1 Å². The van der Waals surface area contributed by atoms with Gasteiger partial charge in [0.2, 0.25) is 0 Å². The second kappa shape index (κ2) is 4.29. The molecule has 94 valence electrons. The minimum absolute atomic E-state index is 0.0411. The van der Waals surface area contributed by atoms with Crippen molar-refractivity contribution in [2.24, 2.45) is 30.5 Å². The predicted octanol–water partition coefficient (Wildman–Crippen LogP) is 2.90. The lowest BCUT2D eigenvalue weighted by atomic mass is 9.84. The molecule has 2 N–H and O–H groups in total. The molecule has 2 saturated carbocycles. The third-order valence-corrected chi connectivity index (χ3v) is 5.02. The lowest BCUT2D eigenvalue weighted by Gasteiger charge is -2.25. The van der Waals surface area contributed by atoms with Gasteiger partial charge in [-0.3, -0.25) is 4.68 Å². The molecule has 2 aliphatic rings. The van der Waals surface area contributed by atoms with Crippen LogP contribution in [-0.4, -0.2) is 9.78 Å². The van der Waals surface area contributed by atoms with Crippen molar-refractivity contribution in [3.8, 4) is 0 Å². The Balaban J connectivity index is 1.69. The van der Waals surface area contributed by atoms with E-state index >= 15 is 0 Å². The molecule has 3 rings (SSSR count). The number of halogens is 1. The smallest absolute Gasteiger partial charge is 0.0833 e. The van der Waals surface area contributed by atoms with Crippen molar-refractivity contribution in [1.29, 1.82) is 0 Å². The highest BCUT2D eigenvalue weighted by molar-refractivity contribution is 6.31. The van der Waals surface area contributed by atoms with Gasteiger partial charge in [0.15, 0.2) is 0 Å². The lowest BCUT2D eigenvalue weighted by molar-refractivity contribution is 0.292. The highest BCUT2D eigenvalue weighted by Gasteiger charge is 2.40. The first-order valence-electron chi connectivity index (χ1n) is 6.58. The van der Waals surface area contributed by atoms with Crippen LogP contribution in [0.2, 0.25) is 5.02 Å². The third-order valence-electron chi connectivity index (χ3n) is 4.73. The van der Waals surface area contributed by atoms with Crippen LogP contribution in [-0.2, 0) is 7.05 Å². The average Bonchev–Trinajstić information content (AvgIpc) is 2.94. The molecule has 2 aliphatic carbocycles. The van der Waals surface area contributed by atoms with Crippen LogP contribution in [0, 0.1) is 17.8 Å². The van der Waals surface area contributed by atoms with Crippen molar-refractivity contribution in [1.82, 2.24) is 9.78 Å². The zero-order valence-electron chi connectivity index (χ0n) is 10.3. The predicted molar refractivity (Wildman–Crippen MR) is 68.7 cm³/mol. The summed E-state index contributed by atoms with van der Waals surface area (Å²) in [6, 6.07) is 0.0411. The number of aryl methyl sites for hydroxylation is 1. The molecule has 1 heterocycles. The Hall–Kier alpha value is -0.540. The van der Waals surface area contributed by atoms with E-state index in [2.05, 4.69) is 5.10 Å². The molecular formula is C13H20ClN3. The molecule has 0 amide bonds. The number of fused-ring (bicyclic) bond motifs is 2. The third kappa shape index (κ3) is 2.00. The molecule has 0 aliphatic heterocycles. The van der Waals surface area contributed by atoms with E-state index in [0.717, 1.165) is 29.9 Å². The average molecular weight is 254 g/mol.